The number of phenols is 1. The third-order valence-electron chi connectivity index (χ3n) is 4.17. The minimum atomic E-state index is -0.231. The van der Waals surface area contributed by atoms with Crippen molar-refractivity contribution in [2.24, 2.45) is 4.99 Å². The van der Waals surface area contributed by atoms with Gasteiger partial charge >= 0.3 is 0 Å². The van der Waals surface area contributed by atoms with Gasteiger partial charge in [0, 0.05) is 20.3 Å². The molecule has 0 aromatic heterocycles. The average Bonchev–Trinajstić information content (AvgIpc) is 2.46. The molecule has 0 unspecified atom stereocenters. The van der Waals surface area contributed by atoms with Crippen LogP contribution in [0.3, 0.4) is 0 Å². The van der Waals surface area contributed by atoms with E-state index in [1.165, 1.54) is 11.1 Å². The molecule has 0 spiro atoms. The first-order chi connectivity index (χ1) is 10.4. The van der Waals surface area contributed by atoms with Crippen molar-refractivity contribution < 1.29 is 10.4 Å². The van der Waals surface area contributed by atoms with Crippen molar-refractivity contribution in [3.8, 4) is 5.75 Å². The second-order valence-electron chi connectivity index (χ2n) is 6.61. The van der Waals surface area contributed by atoms with Gasteiger partial charge in [0.25, 0.3) is 0 Å². The van der Waals surface area contributed by atoms with E-state index in [1.54, 1.807) is 6.07 Å². The van der Waals surface area contributed by atoms with E-state index < -0.39 is 0 Å². The molecule has 0 bridgehead atoms. The van der Waals surface area contributed by atoms with Gasteiger partial charge in [0.15, 0.2) is 5.66 Å². The number of phenolic OH excluding ortho intramolecular Hbond substituents is 1. The number of hydrogen-bond acceptors (Lipinski definition) is 2. The predicted molar refractivity (Wildman–Crippen MR) is 89.2 cm³/mol. The zero-order valence-electron chi connectivity index (χ0n) is 13.4. The number of aliphatic imine (C=N–C) groups is 1. The average molecular weight is 295 g/mol. The van der Waals surface area contributed by atoms with Gasteiger partial charge in [0.05, 0.1) is 11.3 Å². The summed E-state index contributed by atoms with van der Waals surface area (Å²) in [6.45, 7) is 6.33. The highest BCUT2D eigenvalue weighted by molar-refractivity contribution is 6.01. The molecule has 1 atom stereocenters. The second-order valence-corrected chi connectivity index (χ2v) is 6.61. The molecule has 0 aliphatic carbocycles. The van der Waals surface area contributed by atoms with Crippen molar-refractivity contribution in [2.75, 3.05) is 0 Å². The number of nitrogens with zero attached hydrogens (tertiary/aromatic N) is 1. The Morgan fingerprint density at radius 2 is 1.77 bits per heavy atom. The van der Waals surface area contributed by atoms with Gasteiger partial charge in [-0.05, 0) is 24.6 Å². The summed E-state index contributed by atoms with van der Waals surface area (Å²) in [5.41, 5.74) is 4.29. The Labute approximate surface area is 131 Å². The first-order valence-electron chi connectivity index (χ1n) is 7.74. The monoisotopic (exact) mass is 295 g/mol. The minimum Gasteiger partial charge on any atom is -0.507 e. The van der Waals surface area contributed by atoms with Gasteiger partial charge in [-0.3, -0.25) is 0 Å². The lowest BCUT2D eigenvalue weighted by Crippen LogP contribution is -2.96. The van der Waals surface area contributed by atoms with Crippen LogP contribution in [0.5, 0.6) is 5.75 Å². The third-order valence-corrected chi connectivity index (χ3v) is 4.17. The summed E-state index contributed by atoms with van der Waals surface area (Å²) >= 11 is 0. The Morgan fingerprint density at radius 3 is 2.45 bits per heavy atom. The van der Waals surface area contributed by atoms with Crippen LogP contribution in [-0.4, -0.2) is 16.5 Å². The lowest BCUT2D eigenvalue weighted by Gasteiger charge is -2.32. The van der Waals surface area contributed by atoms with Crippen LogP contribution >= 0.6 is 0 Å². The van der Waals surface area contributed by atoms with Crippen LogP contribution in [0.2, 0.25) is 0 Å². The molecule has 0 amide bonds. The molecular weight excluding hydrogens is 272 g/mol. The number of para-hydroxylation sites is 1. The van der Waals surface area contributed by atoms with Crippen molar-refractivity contribution >= 4 is 5.71 Å². The lowest BCUT2D eigenvalue weighted by atomic mass is 9.92. The maximum Gasteiger partial charge on any atom is 0.184 e. The fourth-order valence-electron chi connectivity index (χ4n) is 3.12. The number of benzene rings is 2. The summed E-state index contributed by atoms with van der Waals surface area (Å²) in [6.07, 6.45) is 0.823. The maximum atomic E-state index is 10.2. The molecule has 2 aromatic carbocycles. The molecule has 1 aliphatic rings. The highest BCUT2D eigenvalue weighted by Gasteiger charge is 2.34. The zero-order valence-corrected chi connectivity index (χ0v) is 13.4. The Morgan fingerprint density at radius 1 is 1.09 bits per heavy atom. The minimum absolute atomic E-state index is 0.185. The van der Waals surface area contributed by atoms with Crippen molar-refractivity contribution in [3.63, 3.8) is 0 Å². The van der Waals surface area contributed by atoms with Gasteiger partial charge < -0.3 is 10.4 Å². The van der Waals surface area contributed by atoms with Gasteiger partial charge in [-0.1, -0.05) is 42.0 Å². The quantitative estimate of drug-likeness (QED) is 0.879. The van der Waals surface area contributed by atoms with E-state index in [9.17, 15) is 5.11 Å². The summed E-state index contributed by atoms with van der Waals surface area (Å²) in [5.74, 6) is 0.365. The topological polar surface area (TPSA) is 49.2 Å². The van der Waals surface area contributed by atoms with Gasteiger partial charge in [-0.25, -0.2) is 4.99 Å². The van der Waals surface area contributed by atoms with E-state index in [0.29, 0.717) is 5.75 Å². The van der Waals surface area contributed by atoms with Crippen molar-refractivity contribution in [2.45, 2.75) is 38.9 Å². The summed E-state index contributed by atoms with van der Waals surface area (Å²) < 4.78 is 0. The SMILES string of the molecule is Cc1ccc(C2=NC(C)(C)[NH2+][C@@H](c3ccccc3O)C2)cc1. The van der Waals surface area contributed by atoms with Crippen molar-refractivity contribution in [1.29, 1.82) is 0 Å². The molecule has 3 nitrogen and oxygen atoms in total. The standard InChI is InChI=1S/C19H22N2O/c1-13-8-10-14(11-9-13)16-12-17(21-19(2,3)20-16)15-6-4-5-7-18(15)22/h4-11,17,21-22H,12H2,1-3H3/p+1/t17-/m1/s1. The normalized spacial score (nSPS) is 20.5. The summed E-state index contributed by atoms with van der Waals surface area (Å²) in [4.78, 5) is 4.90. The molecule has 3 N–H and O–H groups in total. The number of rotatable bonds is 2. The molecule has 114 valence electrons. The molecule has 3 rings (SSSR count). The largest absolute Gasteiger partial charge is 0.507 e. The molecular formula is C19H23N2O+. The van der Waals surface area contributed by atoms with E-state index in [2.05, 4.69) is 50.4 Å². The molecule has 22 heavy (non-hydrogen) atoms. The van der Waals surface area contributed by atoms with Crippen LogP contribution in [0.25, 0.3) is 0 Å². The van der Waals surface area contributed by atoms with Gasteiger partial charge in [-0.2, -0.15) is 0 Å². The maximum absolute atomic E-state index is 10.2. The fourth-order valence-corrected chi connectivity index (χ4v) is 3.12. The number of nitrogens with two attached hydrogens (primary N) is 1. The molecule has 1 heterocycles. The molecule has 1 aliphatic heterocycles. The molecule has 0 saturated carbocycles. The van der Waals surface area contributed by atoms with E-state index in [1.807, 2.05) is 18.2 Å². The Bertz CT molecular complexity index is 702. The third kappa shape index (κ3) is 3.04. The molecule has 0 fully saturated rings. The smallest absolute Gasteiger partial charge is 0.184 e. The summed E-state index contributed by atoms with van der Waals surface area (Å²) in [7, 11) is 0. The van der Waals surface area contributed by atoms with Crippen LogP contribution in [0.1, 0.15) is 43.0 Å². The highest BCUT2D eigenvalue weighted by Crippen LogP contribution is 2.28. The summed E-state index contributed by atoms with van der Waals surface area (Å²) in [5, 5.41) is 12.4. The van der Waals surface area contributed by atoms with Crippen LogP contribution in [-0.2, 0) is 0 Å². The molecule has 0 radical (unpaired) electrons. The molecule has 3 heteroatoms. The first kappa shape index (κ1) is 14.8. The van der Waals surface area contributed by atoms with Crippen LogP contribution in [0.15, 0.2) is 53.5 Å². The Balaban J connectivity index is 1.97. The zero-order chi connectivity index (χ0) is 15.7. The Kier molecular flexibility index (Phi) is 3.75. The van der Waals surface area contributed by atoms with E-state index in [4.69, 9.17) is 4.99 Å². The van der Waals surface area contributed by atoms with Crippen LogP contribution < -0.4 is 5.32 Å². The van der Waals surface area contributed by atoms with E-state index >= 15 is 0 Å². The second kappa shape index (κ2) is 5.58. The van der Waals surface area contributed by atoms with Crippen LogP contribution in [0, 0.1) is 6.92 Å². The fraction of sp³-hybridized carbons (Fsp3) is 0.316. The number of quaternary nitrogens is 1. The summed E-state index contributed by atoms with van der Waals surface area (Å²) in [6, 6.07) is 16.3. The first-order valence-corrected chi connectivity index (χ1v) is 7.74. The highest BCUT2D eigenvalue weighted by atomic mass is 16.3. The Hall–Kier alpha value is -2.13. The molecule has 2 aromatic rings. The number of hydrogen-bond donors (Lipinski definition) is 2. The number of aryl methyl sites for hydroxylation is 1. The lowest BCUT2D eigenvalue weighted by molar-refractivity contribution is -0.757. The molecule has 0 saturated heterocycles. The van der Waals surface area contributed by atoms with E-state index in [-0.39, 0.29) is 11.7 Å². The van der Waals surface area contributed by atoms with E-state index in [0.717, 1.165) is 17.7 Å². The predicted octanol–water partition coefficient (Wildman–Crippen LogP) is 2.93. The van der Waals surface area contributed by atoms with Gasteiger partial charge in [0.2, 0.25) is 0 Å². The van der Waals surface area contributed by atoms with Crippen molar-refractivity contribution in [1.82, 2.24) is 0 Å². The van der Waals surface area contributed by atoms with Gasteiger partial charge in [0.1, 0.15) is 11.8 Å². The van der Waals surface area contributed by atoms with Crippen LogP contribution in [0.4, 0.5) is 0 Å². The number of aromatic hydroxyl groups is 1. The van der Waals surface area contributed by atoms with Gasteiger partial charge in [-0.15, -0.1) is 0 Å². The van der Waals surface area contributed by atoms with Crippen molar-refractivity contribution in [3.05, 3.63) is 65.2 Å².